The molecule has 0 spiro atoms. The Labute approximate surface area is 163 Å². The molecular formula is C19H24ClN3O4. The van der Waals surface area contributed by atoms with E-state index in [1.165, 1.54) is 14.2 Å². The van der Waals surface area contributed by atoms with Gasteiger partial charge in [0.1, 0.15) is 5.54 Å². The zero-order chi connectivity index (χ0) is 19.4. The summed E-state index contributed by atoms with van der Waals surface area (Å²) in [5.74, 6) is 1.55. The van der Waals surface area contributed by atoms with Gasteiger partial charge >= 0.3 is 0 Å². The molecule has 1 fully saturated rings. The van der Waals surface area contributed by atoms with E-state index in [-0.39, 0.29) is 5.91 Å². The molecule has 1 aromatic carbocycles. The smallest absolute Gasteiger partial charge is 0.252 e. The number of benzene rings is 1. The van der Waals surface area contributed by atoms with Crippen LogP contribution in [0.4, 0.5) is 0 Å². The van der Waals surface area contributed by atoms with Crippen LogP contribution >= 0.6 is 11.6 Å². The molecule has 1 N–H and O–H groups in total. The molecule has 27 heavy (non-hydrogen) atoms. The van der Waals surface area contributed by atoms with Crippen LogP contribution in [0, 0.1) is 6.92 Å². The molecule has 1 aliphatic rings. The minimum atomic E-state index is -0.648. The Balaban J connectivity index is 1.94. The van der Waals surface area contributed by atoms with Crippen LogP contribution in [0.1, 0.15) is 60.6 Å². The van der Waals surface area contributed by atoms with E-state index in [2.05, 4.69) is 15.5 Å². The summed E-state index contributed by atoms with van der Waals surface area (Å²) in [6.45, 7) is 1.75. The maximum atomic E-state index is 13.1. The molecule has 2 aromatic rings. The fourth-order valence-electron chi connectivity index (χ4n) is 3.57. The van der Waals surface area contributed by atoms with Gasteiger partial charge in [0.05, 0.1) is 19.2 Å². The second-order valence-corrected chi connectivity index (χ2v) is 7.19. The number of hydrogen-bond donors (Lipinski definition) is 1. The maximum Gasteiger partial charge on any atom is 0.252 e. The van der Waals surface area contributed by atoms with Crippen LogP contribution in [0.15, 0.2) is 16.7 Å². The number of amides is 1. The van der Waals surface area contributed by atoms with Gasteiger partial charge in [0, 0.05) is 12.5 Å². The van der Waals surface area contributed by atoms with Gasteiger partial charge in [0.2, 0.25) is 5.89 Å². The number of halogens is 1. The predicted molar refractivity (Wildman–Crippen MR) is 100 cm³/mol. The quantitative estimate of drug-likeness (QED) is 0.772. The minimum absolute atomic E-state index is 0.262. The Hall–Kier alpha value is -2.28. The van der Waals surface area contributed by atoms with E-state index in [1.54, 1.807) is 19.1 Å². The summed E-state index contributed by atoms with van der Waals surface area (Å²) < 4.78 is 15.7. The highest BCUT2D eigenvalue weighted by Gasteiger charge is 2.39. The van der Waals surface area contributed by atoms with Gasteiger partial charge in [0.15, 0.2) is 17.3 Å². The monoisotopic (exact) mass is 393 g/mol. The van der Waals surface area contributed by atoms with E-state index in [0.29, 0.717) is 33.8 Å². The Morgan fingerprint density at radius 2 is 1.89 bits per heavy atom. The van der Waals surface area contributed by atoms with Crippen molar-refractivity contribution in [3.8, 4) is 11.5 Å². The van der Waals surface area contributed by atoms with Gasteiger partial charge in [-0.15, -0.1) is 0 Å². The van der Waals surface area contributed by atoms with Crippen molar-refractivity contribution in [2.24, 2.45) is 0 Å². The van der Waals surface area contributed by atoms with Crippen molar-refractivity contribution >= 4 is 17.5 Å². The van der Waals surface area contributed by atoms with Gasteiger partial charge < -0.3 is 19.3 Å². The van der Waals surface area contributed by atoms with Crippen LogP contribution in [-0.4, -0.2) is 30.3 Å². The maximum absolute atomic E-state index is 13.1. The lowest BCUT2D eigenvalue weighted by Gasteiger charge is -2.31. The van der Waals surface area contributed by atoms with E-state index >= 15 is 0 Å². The van der Waals surface area contributed by atoms with Crippen molar-refractivity contribution in [2.45, 2.75) is 51.0 Å². The number of nitrogens with one attached hydrogen (secondary N) is 1. The van der Waals surface area contributed by atoms with Crippen molar-refractivity contribution in [1.29, 1.82) is 0 Å². The first kappa shape index (κ1) is 19.5. The first-order valence-electron chi connectivity index (χ1n) is 9.04. The number of carbonyl (C=O) groups is 1. The van der Waals surface area contributed by atoms with Crippen LogP contribution < -0.4 is 14.8 Å². The second kappa shape index (κ2) is 8.17. The van der Waals surface area contributed by atoms with E-state index in [1.807, 2.05) is 0 Å². The van der Waals surface area contributed by atoms with Gasteiger partial charge in [-0.1, -0.05) is 42.4 Å². The second-order valence-electron chi connectivity index (χ2n) is 6.78. The molecule has 0 radical (unpaired) electrons. The zero-order valence-corrected chi connectivity index (χ0v) is 16.6. The average Bonchev–Trinajstić information content (AvgIpc) is 2.96. The summed E-state index contributed by atoms with van der Waals surface area (Å²) in [5, 5.41) is 7.57. The largest absolute Gasteiger partial charge is 0.493 e. The predicted octanol–water partition coefficient (Wildman–Crippen LogP) is 4.03. The fourth-order valence-corrected chi connectivity index (χ4v) is 3.86. The highest BCUT2D eigenvalue weighted by molar-refractivity contribution is 6.32. The fraction of sp³-hybridized carbons (Fsp3) is 0.526. The molecular weight excluding hydrogens is 370 g/mol. The van der Waals surface area contributed by atoms with Gasteiger partial charge in [-0.25, -0.2) is 0 Å². The van der Waals surface area contributed by atoms with Crippen molar-refractivity contribution in [3.05, 3.63) is 34.4 Å². The Morgan fingerprint density at radius 3 is 2.44 bits per heavy atom. The molecule has 0 saturated heterocycles. The van der Waals surface area contributed by atoms with Crippen molar-refractivity contribution in [1.82, 2.24) is 15.5 Å². The van der Waals surface area contributed by atoms with Crippen LogP contribution in [0.2, 0.25) is 5.02 Å². The normalized spacial score (nSPS) is 16.4. The van der Waals surface area contributed by atoms with E-state index in [0.717, 1.165) is 38.5 Å². The molecule has 0 bridgehead atoms. The van der Waals surface area contributed by atoms with Gasteiger partial charge in [-0.2, -0.15) is 4.98 Å². The molecule has 1 saturated carbocycles. The van der Waals surface area contributed by atoms with Crippen LogP contribution in [0.25, 0.3) is 0 Å². The van der Waals surface area contributed by atoms with Crippen molar-refractivity contribution in [3.63, 3.8) is 0 Å². The SMILES string of the molecule is COc1cc(C(=O)NC2(c3noc(C)n3)CCCCCC2)cc(Cl)c1OC. The minimum Gasteiger partial charge on any atom is -0.493 e. The van der Waals surface area contributed by atoms with Crippen LogP contribution in [0.3, 0.4) is 0 Å². The molecule has 7 nitrogen and oxygen atoms in total. The number of nitrogens with zero attached hydrogens (tertiary/aromatic N) is 2. The highest BCUT2D eigenvalue weighted by atomic mass is 35.5. The molecule has 1 heterocycles. The Morgan fingerprint density at radius 1 is 1.19 bits per heavy atom. The van der Waals surface area contributed by atoms with E-state index < -0.39 is 5.54 Å². The Kier molecular flexibility index (Phi) is 5.89. The zero-order valence-electron chi connectivity index (χ0n) is 15.8. The first-order valence-corrected chi connectivity index (χ1v) is 9.42. The number of aryl methyl sites for hydroxylation is 1. The van der Waals surface area contributed by atoms with Crippen LogP contribution in [0.5, 0.6) is 11.5 Å². The highest BCUT2D eigenvalue weighted by Crippen LogP contribution is 2.38. The number of rotatable bonds is 5. The lowest BCUT2D eigenvalue weighted by molar-refractivity contribution is 0.0876. The summed E-state index contributed by atoms with van der Waals surface area (Å²) in [6.07, 6.45) is 5.74. The lowest BCUT2D eigenvalue weighted by Crippen LogP contribution is -2.46. The number of carbonyl (C=O) groups excluding carboxylic acids is 1. The third kappa shape index (κ3) is 4.03. The molecule has 0 unspecified atom stereocenters. The molecule has 0 atom stereocenters. The van der Waals surface area contributed by atoms with Gasteiger partial charge in [0.25, 0.3) is 5.91 Å². The van der Waals surface area contributed by atoms with Gasteiger partial charge in [-0.05, 0) is 25.0 Å². The number of aromatic nitrogens is 2. The third-order valence-corrected chi connectivity index (χ3v) is 5.24. The molecule has 1 aliphatic carbocycles. The van der Waals surface area contributed by atoms with Crippen molar-refractivity contribution in [2.75, 3.05) is 14.2 Å². The number of hydrogen-bond acceptors (Lipinski definition) is 6. The average molecular weight is 394 g/mol. The standard InChI is InChI=1S/C19H24ClN3O4/c1-12-21-18(23-27-12)19(8-6-4-5-7-9-19)22-17(24)13-10-14(20)16(26-3)15(11-13)25-2/h10-11H,4-9H2,1-3H3,(H,22,24). The number of methoxy groups -OCH3 is 2. The molecule has 1 amide bonds. The summed E-state index contributed by atoms with van der Waals surface area (Å²) in [4.78, 5) is 17.5. The van der Waals surface area contributed by atoms with Gasteiger partial charge in [-0.3, -0.25) is 4.79 Å². The van der Waals surface area contributed by atoms with Crippen molar-refractivity contribution < 1.29 is 18.8 Å². The molecule has 8 heteroatoms. The molecule has 3 rings (SSSR count). The first-order chi connectivity index (χ1) is 13.0. The Bertz CT molecular complexity index is 813. The molecule has 0 aliphatic heterocycles. The summed E-state index contributed by atoms with van der Waals surface area (Å²) in [6, 6.07) is 3.19. The number of ether oxygens (including phenoxy) is 2. The topological polar surface area (TPSA) is 86.5 Å². The van der Waals surface area contributed by atoms with E-state index in [4.69, 9.17) is 25.6 Å². The molecule has 146 valence electrons. The summed E-state index contributed by atoms with van der Waals surface area (Å²) in [5.41, 5.74) is -0.258. The summed E-state index contributed by atoms with van der Waals surface area (Å²) in [7, 11) is 3.01. The third-order valence-electron chi connectivity index (χ3n) is 4.96. The molecule has 1 aromatic heterocycles. The lowest BCUT2D eigenvalue weighted by atomic mass is 9.88. The van der Waals surface area contributed by atoms with E-state index in [9.17, 15) is 4.79 Å². The summed E-state index contributed by atoms with van der Waals surface area (Å²) >= 11 is 6.26. The van der Waals surface area contributed by atoms with Crippen LogP contribution in [-0.2, 0) is 5.54 Å².